The van der Waals surface area contributed by atoms with Gasteiger partial charge in [0.25, 0.3) is 5.91 Å². The van der Waals surface area contributed by atoms with Crippen LogP contribution in [-0.2, 0) is 28.9 Å². The Morgan fingerprint density at radius 2 is 2.11 bits per heavy atom. The monoisotopic (exact) mass is 372 g/mol. The zero-order chi connectivity index (χ0) is 19.2. The zero-order valence-electron chi connectivity index (χ0n) is 15.5. The molecule has 0 bridgehead atoms. The highest BCUT2D eigenvalue weighted by atomic mass is 16.5. The van der Waals surface area contributed by atoms with Crippen molar-refractivity contribution >= 4 is 11.9 Å². The summed E-state index contributed by atoms with van der Waals surface area (Å²) in [5, 5.41) is 13.1. The van der Waals surface area contributed by atoms with E-state index in [0.29, 0.717) is 24.4 Å². The number of nitrogens with zero attached hydrogens (tertiary/aromatic N) is 1. The number of H-pyrrole nitrogens is 1. The number of para-hydroxylation sites is 1. The molecule has 0 saturated heterocycles. The van der Waals surface area contributed by atoms with Crippen molar-refractivity contribution in [3.05, 3.63) is 46.8 Å². The van der Waals surface area contributed by atoms with Crippen LogP contribution in [0.15, 0.2) is 24.3 Å². The molecule has 1 aliphatic rings. The molecule has 2 aromatic rings. The second kappa shape index (κ2) is 8.68. The highest BCUT2D eigenvalue weighted by Gasteiger charge is 2.25. The SMILES string of the molecule is COC(=O)C(CNC(=O)c1n[nH]c2c1CNCC2)Cc1ccccc1OC. The Morgan fingerprint density at radius 1 is 1.30 bits per heavy atom. The Kier molecular flexibility index (Phi) is 6.08. The molecule has 1 aromatic heterocycles. The van der Waals surface area contributed by atoms with Gasteiger partial charge in [0, 0.05) is 37.3 Å². The van der Waals surface area contributed by atoms with E-state index in [0.717, 1.165) is 29.8 Å². The number of benzene rings is 1. The lowest BCUT2D eigenvalue weighted by Gasteiger charge is -2.17. The maximum atomic E-state index is 12.6. The highest BCUT2D eigenvalue weighted by molar-refractivity contribution is 5.94. The minimum atomic E-state index is -0.525. The van der Waals surface area contributed by atoms with Crippen molar-refractivity contribution in [3.63, 3.8) is 0 Å². The van der Waals surface area contributed by atoms with Gasteiger partial charge in [-0.1, -0.05) is 18.2 Å². The zero-order valence-corrected chi connectivity index (χ0v) is 15.5. The minimum absolute atomic E-state index is 0.151. The topological polar surface area (TPSA) is 105 Å². The van der Waals surface area contributed by atoms with Crippen LogP contribution in [0.5, 0.6) is 5.75 Å². The number of methoxy groups -OCH3 is 2. The van der Waals surface area contributed by atoms with Crippen LogP contribution < -0.4 is 15.4 Å². The van der Waals surface area contributed by atoms with Gasteiger partial charge in [-0.15, -0.1) is 0 Å². The maximum absolute atomic E-state index is 12.6. The average molecular weight is 372 g/mol. The number of amides is 1. The molecule has 1 atom stereocenters. The normalized spacial score (nSPS) is 14.1. The molecule has 0 aliphatic carbocycles. The molecule has 1 amide bonds. The van der Waals surface area contributed by atoms with E-state index in [1.165, 1.54) is 7.11 Å². The van der Waals surface area contributed by atoms with Crippen LogP contribution in [0.1, 0.15) is 27.3 Å². The van der Waals surface area contributed by atoms with Gasteiger partial charge in [-0.25, -0.2) is 0 Å². The number of rotatable bonds is 7. The fourth-order valence-electron chi connectivity index (χ4n) is 3.26. The molecule has 2 heterocycles. The molecule has 0 spiro atoms. The molecular formula is C19H24N4O4. The number of ether oxygens (including phenoxy) is 2. The molecule has 3 rings (SSSR count). The number of aromatic amines is 1. The highest BCUT2D eigenvalue weighted by Crippen LogP contribution is 2.21. The molecule has 1 aliphatic heterocycles. The Labute approximate surface area is 157 Å². The smallest absolute Gasteiger partial charge is 0.310 e. The number of carbonyl (C=O) groups excluding carboxylic acids is 2. The summed E-state index contributed by atoms with van der Waals surface area (Å²) in [7, 11) is 2.93. The van der Waals surface area contributed by atoms with Gasteiger partial charge in [-0.3, -0.25) is 14.7 Å². The van der Waals surface area contributed by atoms with Crippen LogP contribution >= 0.6 is 0 Å². The first-order valence-electron chi connectivity index (χ1n) is 8.88. The van der Waals surface area contributed by atoms with Crippen molar-refractivity contribution < 1.29 is 19.1 Å². The second-order valence-corrected chi connectivity index (χ2v) is 6.40. The predicted octanol–water partition coefficient (Wildman–Crippen LogP) is 0.826. The van der Waals surface area contributed by atoms with Gasteiger partial charge in [0.2, 0.25) is 0 Å². The third-order valence-electron chi connectivity index (χ3n) is 4.72. The van der Waals surface area contributed by atoms with Crippen LogP contribution in [0, 0.1) is 5.92 Å². The number of hydrogen-bond acceptors (Lipinski definition) is 6. The Bertz CT molecular complexity index is 818. The van der Waals surface area contributed by atoms with E-state index in [9.17, 15) is 9.59 Å². The third-order valence-corrected chi connectivity index (χ3v) is 4.72. The van der Waals surface area contributed by atoms with Gasteiger partial charge in [-0.2, -0.15) is 5.10 Å². The largest absolute Gasteiger partial charge is 0.496 e. The van der Waals surface area contributed by atoms with Crippen molar-refractivity contribution in [2.24, 2.45) is 5.92 Å². The van der Waals surface area contributed by atoms with E-state index < -0.39 is 5.92 Å². The van der Waals surface area contributed by atoms with E-state index >= 15 is 0 Å². The van der Waals surface area contributed by atoms with Gasteiger partial charge in [0.1, 0.15) is 5.75 Å². The first-order chi connectivity index (χ1) is 13.1. The summed E-state index contributed by atoms with van der Waals surface area (Å²) in [5.74, 6) is -0.509. The van der Waals surface area contributed by atoms with E-state index in [2.05, 4.69) is 20.8 Å². The van der Waals surface area contributed by atoms with Crippen LogP contribution in [-0.4, -0.2) is 49.4 Å². The summed E-state index contributed by atoms with van der Waals surface area (Å²) in [4.78, 5) is 24.8. The van der Waals surface area contributed by atoms with Gasteiger partial charge in [0.05, 0.1) is 20.1 Å². The summed E-state index contributed by atoms with van der Waals surface area (Å²) in [6.07, 6.45) is 1.21. The van der Waals surface area contributed by atoms with Crippen LogP contribution in [0.3, 0.4) is 0 Å². The minimum Gasteiger partial charge on any atom is -0.496 e. The first-order valence-corrected chi connectivity index (χ1v) is 8.88. The second-order valence-electron chi connectivity index (χ2n) is 6.40. The molecule has 0 radical (unpaired) electrons. The maximum Gasteiger partial charge on any atom is 0.310 e. The van der Waals surface area contributed by atoms with E-state index in [4.69, 9.17) is 9.47 Å². The lowest BCUT2D eigenvalue weighted by Crippen LogP contribution is -2.36. The van der Waals surface area contributed by atoms with Gasteiger partial charge in [-0.05, 0) is 18.1 Å². The first kappa shape index (κ1) is 18.9. The van der Waals surface area contributed by atoms with Crippen LogP contribution in [0.4, 0.5) is 0 Å². The fourth-order valence-corrected chi connectivity index (χ4v) is 3.26. The fraction of sp³-hybridized carbons (Fsp3) is 0.421. The molecule has 0 saturated carbocycles. The number of fused-ring (bicyclic) bond motifs is 1. The number of hydrogen-bond donors (Lipinski definition) is 3. The quantitative estimate of drug-likeness (QED) is 0.622. The summed E-state index contributed by atoms with van der Waals surface area (Å²) in [6.45, 7) is 1.62. The molecule has 8 nitrogen and oxygen atoms in total. The lowest BCUT2D eigenvalue weighted by atomic mass is 9.98. The average Bonchev–Trinajstić information content (AvgIpc) is 3.14. The van der Waals surface area contributed by atoms with Gasteiger partial charge in [0.15, 0.2) is 5.69 Å². The molecule has 1 unspecified atom stereocenters. The molecule has 27 heavy (non-hydrogen) atoms. The number of carbonyl (C=O) groups is 2. The predicted molar refractivity (Wildman–Crippen MR) is 98.5 cm³/mol. The van der Waals surface area contributed by atoms with Gasteiger partial charge < -0.3 is 20.1 Å². The molecule has 0 fully saturated rings. The summed E-state index contributed by atoms with van der Waals surface area (Å²) in [5.41, 5.74) is 3.12. The lowest BCUT2D eigenvalue weighted by molar-refractivity contribution is -0.145. The van der Waals surface area contributed by atoms with Crippen molar-refractivity contribution in [2.75, 3.05) is 27.3 Å². The summed E-state index contributed by atoms with van der Waals surface area (Å²) >= 11 is 0. The molecule has 1 aromatic carbocycles. The van der Waals surface area contributed by atoms with E-state index in [1.54, 1.807) is 7.11 Å². The number of nitrogens with one attached hydrogen (secondary N) is 3. The van der Waals surface area contributed by atoms with Crippen LogP contribution in [0.25, 0.3) is 0 Å². The summed E-state index contributed by atoms with van der Waals surface area (Å²) in [6, 6.07) is 7.48. The third kappa shape index (κ3) is 4.28. The summed E-state index contributed by atoms with van der Waals surface area (Å²) < 4.78 is 10.3. The van der Waals surface area contributed by atoms with Crippen molar-refractivity contribution in [3.8, 4) is 5.75 Å². The molecule has 144 valence electrons. The number of esters is 1. The number of aromatic nitrogens is 2. The Morgan fingerprint density at radius 3 is 2.89 bits per heavy atom. The Hall–Kier alpha value is -2.87. The molecular weight excluding hydrogens is 348 g/mol. The van der Waals surface area contributed by atoms with Crippen LogP contribution in [0.2, 0.25) is 0 Å². The van der Waals surface area contributed by atoms with E-state index in [1.807, 2.05) is 24.3 Å². The van der Waals surface area contributed by atoms with Crippen molar-refractivity contribution in [1.82, 2.24) is 20.8 Å². The van der Waals surface area contributed by atoms with Gasteiger partial charge >= 0.3 is 5.97 Å². The standard InChI is InChI=1S/C19H24N4O4/c1-26-16-6-4-3-5-12(16)9-13(19(25)27-2)10-21-18(24)17-14-11-20-8-7-15(14)22-23-17/h3-6,13,20H,7-11H2,1-2H3,(H,21,24)(H,22,23). The van der Waals surface area contributed by atoms with Crippen molar-refractivity contribution in [2.45, 2.75) is 19.4 Å². The Balaban J connectivity index is 1.69. The molecule has 3 N–H and O–H groups in total. The molecule has 8 heteroatoms. The van der Waals surface area contributed by atoms with Crippen molar-refractivity contribution in [1.29, 1.82) is 0 Å². The van der Waals surface area contributed by atoms with E-state index in [-0.39, 0.29) is 18.4 Å².